The molecule has 0 amide bonds. The van der Waals surface area contributed by atoms with E-state index < -0.39 is 200 Å². The Kier molecular flexibility index (Phi) is 27.4. The van der Waals surface area contributed by atoms with Crippen LogP contribution in [0.1, 0.15) is 0 Å². The normalized spacial score (nSPS) is 16.6. The fourth-order valence-electron chi connectivity index (χ4n) is 3.80. The summed E-state index contributed by atoms with van der Waals surface area (Å²) in [5.41, 5.74) is 0. The van der Waals surface area contributed by atoms with Crippen LogP contribution >= 0.6 is 0 Å². The summed E-state index contributed by atoms with van der Waals surface area (Å²) in [6.07, 6.45) is -46.7. The zero-order valence-electron chi connectivity index (χ0n) is 41.7. The third-order valence-electron chi connectivity index (χ3n) is 9.23. The number of rotatable bonds is 24. The van der Waals surface area contributed by atoms with E-state index in [1.807, 2.05) is 0 Å². The number of halogens is 54. The van der Waals surface area contributed by atoms with Crippen molar-refractivity contribution in [3.63, 3.8) is 0 Å². The molecule has 0 aromatic rings. The quantitative estimate of drug-likeness (QED) is 0.0819. The Balaban J connectivity index is -0.000000688. The fraction of sp³-hybridized carbons (Fsp3) is 1.00. The Labute approximate surface area is 524 Å². The van der Waals surface area contributed by atoms with Crippen LogP contribution in [0.15, 0.2) is 0 Å². The summed E-state index contributed by atoms with van der Waals surface area (Å²) in [5, 5.41) is -49.3. The minimum absolute atomic E-state index is 0. The van der Waals surface area contributed by atoms with Crippen molar-refractivity contribution in [2.24, 2.45) is 0 Å². The van der Waals surface area contributed by atoms with Gasteiger partial charge in [-0.1, -0.05) is 0 Å². The van der Waals surface area contributed by atoms with Gasteiger partial charge in [0.25, 0.3) is 0 Å². The van der Waals surface area contributed by atoms with Crippen LogP contribution in [0.5, 0.6) is 0 Å². The Morgan fingerprint density at radius 3 is 0.240 bits per heavy atom. The SMILES string of the molecule is O=S(=O)([N-]S(=O)(=O)C(F)(F)C(F)(F)C(F)(F)C(F)(F)F)C(F)(F)C(F)(F)C(F)(F)C(F)(F)F.O=S(=O)([N-]S(=O)(=O)C(F)(F)C(F)(F)C(F)(F)C(F)(F)F)C(F)(F)C(F)(F)C(F)(F)C(F)(F)F.O=S(=O)([N-]S(=O)(=O)C(F)(F)C(F)(F)C(F)(F)C(F)(F)F)C(F)(F)C(F)(F)C(F)(F)C(F)(F)F.[Sc+3]. The maximum atomic E-state index is 13.2. The second kappa shape index (κ2) is 26.6. The first kappa shape index (κ1) is 103. The fourth-order valence-corrected chi connectivity index (χ4v) is 11.9. The summed E-state index contributed by atoms with van der Waals surface area (Å²) in [4.78, 5) is 0. The zero-order valence-corrected chi connectivity index (χ0v) is 48.4. The molecule has 0 unspecified atom stereocenters. The van der Waals surface area contributed by atoms with E-state index in [1.165, 1.54) is 0 Å². The van der Waals surface area contributed by atoms with Crippen molar-refractivity contribution in [3.8, 4) is 0 Å². The van der Waals surface area contributed by atoms with Gasteiger partial charge in [-0.25, -0.2) is 50.5 Å². The van der Waals surface area contributed by atoms with Crippen LogP contribution < -0.4 is 0 Å². The molecule has 0 heterocycles. The second-order valence-corrected chi connectivity index (χ2v) is 26.6. The summed E-state index contributed by atoms with van der Waals surface area (Å²) >= 11 is 0. The van der Waals surface area contributed by atoms with Crippen molar-refractivity contribution >= 4 is 60.1 Å². The van der Waals surface area contributed by atoms with Gasteiger partial charge in [0.05, 0.1) is 0 Å². The maximum absolute atomic E-state index is 13.2. The summed E-state index contributed by atoms with van der Waals surface area (Å²) in [6, 6.07) is 0. The average molecular weight is 1790 g/mol. The van der Waals surface area contributed by atoms with Crippen LogP contribution in [-0.2, 0) is 86.0 Å². The molecule has 0 saturated heterocycles. The monoisotopic (exact) mass is 1780 g/mol. The number of nitrogens with zero attached hydrogens (tertiary/aromatic N) is 3. The van der Waals surface area contributed by atoms with E-state index in [-0.39, 0.29) is 38.2 Å². The second-order valence-electron chi connectivity index (χ2n) is 16.1. The largest absolute Gasteiger partial charge is 3.00 e. The molecule has 0 fully saturated rings. The minimum atomic E-state index is -8.81. The van der Waals surface area contributed by atoms with Crippen LogP contribution in [-0.4, -0.2) is 190 Å². The summed E-state index contributed by atoms with van der Waals surface area (Å²) in [5.74, 6) is -98.9. The standard InChI is InChI=1S/3C8F18NO4S2.Sc/c3*9-1(10,5(17,18)19)3(13,14)7(23,24)32(28,29)27-33(30,31)8(25,26)4(15,16)2(11,12)6(20,21)22;/q3*-1;+3. The predicted octanol–water partition coefficient (Wildman–Crippen LogP) is 14.6. The van der Waals surface area contributed by atoms with Crippen molar-refractivity contribution in [1.82, 2.24) is 0 Å². The van der Waals surface area contributed by atoms with Gasteiger partial charge in [0.15, 0.2) is 60.1 Å². The molecule has 0 aromatic heterocycles. The topological polar surface area (TPSA) is 247 Å². The smallest absolute Gasteiger partial charge is 0.425 e. The molecule has 76 heteroatoms. The zero-order chi connectivity index (χ0) is 83.1. The van der Waals surface area contributed by atoms with E-state index in [0.29, 0.717) is 0 Å². The van der Waals surface area contributed by atoms with Crippen LogP contribution in [0.2, 0.25) is 0 Å². The van der Waals surface area contributed by atoms with Gasteiger partial charge in [-0.15, -0.1) is 0 Å². The van der Waals surface area contributed by atoms with Gasteiger partial charge in [0.2, 0.25) is 0 Å². The Morgan fingerprint density at radius 1 is 0.130 bits per heavy atom. The molecular formula is C24F54N3O12S6Sc. The average Bonchev–Trinajstić information content (AvgIpc) is 0.721. The molecule has 0 aliphatic rings. The first-order valence-electron chi connectivity index (χ1n) is 19.0. The molecule has 0 spiro atoms. The molecule has 0 atom stereocenters. The van der Waals surface area contributed by atoms with Gasteiger partial charge in [-0.2, -0.15) is 237 Å². The molecule has 0 bridgehead atoms. The van der Waals surface area contributed by atoms with Gasteiger partial charge >= 0.3 is 165 Å². The molecule has 0 aliphatic carbocycles. The third kappa shape index (κ3) is 15.6. The van der Waals surface area contributed by atoms with E-state index in [0.717, 1.165) is 0 Å². The Hall–Kier alpha value is -3.33. The van der Waals surface area contributed by atoms with Crippen LogP contribution in [0.4, 0.5) is 237 Å². The number of hydrogen-bond donors (Lipinski definition) is 0. The molecule has 100 heavy (non-hydrogen) atoms. The van der Waals surface area contributed by atoms with Crippen molar-refractivity contribution in [3.05, 3.63) is 12.4 Å². The van der Waals surface area contributed by atoms with Crippen molar-refractivity contribution in [2.75, 3.05) is 0 Å². The van der Waals surface area contributed by atoms with Crippen molar-refractivity contribution < 1.29 is 313 Å². The molecule has 0 aliphatic heterocycles. The van der Waals surface area contributed by atoms with Crippen LogP contribution in [0.25, 0.3) is 12.4 Å². The molecule has 0 saturated carbocycles. The van der Waals surface area contributed by atoms with Gasteiger partial charge in [-0.3, -0.25) is 0 Å². The molecule has 0 N–H and O–H groups in total. The molecule has 600 valence electrons. The summed E-state index contributed by atoms with van der Waals surface area (Å²) in [7, 11) is -52.9. The van der Waals surface area contributed by atoms with Crippen LogP contribution in [0.3, 0.4) is 0 Å². The molecule has 0 rings (SSSR count). The maximum Gasteiger partial charge on any atom is 3.00 e. The van der Waals surface area contributed by atoms with Gasteiger partial charge in [0.1, 0.15) is 0 Å². The van der Waals surface area contributed by atoms with Gasteiger partial charge in [0, 0.05) is 0 Å². The number of alkyl halides is 54. The van der Waals surface area contributed by atoms with Gasteiger partial charge < -0.3 is 12.4 Å². The van der Waals surface area contributed by atoms with E-state index >= 15 is 0 Å². The number of sulfonamides is 6. The molecule has 0 radical (unpaired) electrons. The van der Waals surface area contributed by atoms with Crippen molar-refractivity contribution in [1.29, 1.82) is 0 Å². The summed E-state index contributed by atoms with van der Waals surface area (Å²) in [6.45, 7) is 0. The first-order chi connectivity index (χ1) is 41.1. The first-order valence-corrected chi connectivity index (χ1v) is 27.7. The Bertz CT molecular complexity index is 3020. The summed E-state index contributed by atoms with van der Waals surface area (Å²) < 4.78 is 808. The third-order valence-corrected chi connectivity index (χ3v) is 19.4. The van der Waals surface area contributed by atoms with Crippen LogP contribution in [0, 0.1) is 0 Å². The van der Waals surface area contributed by atoms with E-state index in [9.17, 15) is 288 Å². The van der Waals surface area contributed by atoms with E-state index in [1.54, 1.807) is 0 Å². The van der Waals surface area contributed by atoms with E-state index in [2.05, 4.69) is 0 Å². The molecular weight excluding hydrogens is 1790 g/mol. The molecule has 0 aromatic carbocycles. The van der Waals surface area contributed by atoms with Gasteiger partial charge in [-0.05, 0) is 0 Å². The predicted molar refractivity (Wildman–Crippen MR) is 189 cm³/mol. The van der Waals surface area contributed by atoms with E-state index in [4.69, 9.17) is 0 Å². The van der Waals surface area contributed by atoms with Crippen molar-refractivity contribution in [2.45, 2.75) is 140 Å². The minimum Gasteiger partial charge on any atom is -0.425 e. The Morgan fingerprint density at radius 2 is 0.190 bits per heavy atom. The number of hydrogen-bond acceptors (Lipinski definition) is 12. The molecule has 15 nitrogen and oxygen atoms in total.